The molecular formula is C24H28N2O5S. The van der Waals surface area contributed by atoms with Gasteiger partial charge in [-0.1, -0.05) is 45.9 Å². The molecule has 170 valence electrons. The van der Waals surface area contributed by atoms with Crippen molar-refractivity contribution in [1.29, 1.82) is 0 Å². The number of carboxylic acid groups (broad SMARTS) is 1. The average molecular weight is 457 g/mol. The Labute approximate surface area is 188 Å². The zero-order valence-corrected chi connectivity index (χ0v) is 19.7. The Kier molecular flexibility index (Phi) is 6.46. The number of benzene rings is 2. The van der Waals surface area contributed by atoms with Crippen LogP contribution in [0.25, 0.3) is 11.5 Å². The van der Waals surface area contributed by atoms with E-state index in [0.29, 0.717) is 17.9 Å². The van der Waals surface area contributed by atoms with Gasteiger partial charge in [-0.2, -0.15) is 4.98 Å². The molecule has 0 amide bonds. The van der Waals surface area contributed by atoms with Crippen molar-refractivity contribution in [2.45, 2.75) is 51.3 Å². The van der Waals surface area contributed by atoms with Gasteiger partial charge in [0, 0.05) is 12.1 Å². The topological polar surface area (TPSA) is 101 Å². The van der Waals surface area contributed by atoms with E-state index in [1.54, 1.807) is 6.92 Å². The Hall–Kier alpha value is -3.13. The van der Waals surface area contributed by atoms with E-state index in [-0.39, 0.29) is 28.2 Å². The molecule has 0 unspecified atom stereocenters. The van der Waals surface area contributed by atoms with Crippen molar-refractivity contribution < 1.29 is 22.7 Å². The smallest absolute Gasteiger partial charge is 0.336 e. The Morgan fingerprint density at radius 1 is 1.09 bits per heavy atom. The second-order valence-electron chi connectivity index (χ2n) is 8.49. The molecule has 32 heavy (non-hydrogen) atoms. The molecule has 1 N–H and O–H groups in total. The number of aromatic carboxylic acids is 1. The SMILES string of the molecule is CCc1ccc(S(=O)(=O)N(CC)c2coc(-c3ccc(C(C)(C)C)cc3)n2)cc1C(=O)O. The number of sulfonamides is 1. The van der Waals surface area contributed by atoms with Gasteiger partial charge >= 0.3 is 5.97 Å². The van der Waals surface area contributed by atoms with Crippen LogP contribution in [0.1, 0.15) is 56.1 Å². The lowest BCUT2D eigenvalue weighted by Gasteiger charge is -2.20. The number of anilines is 1. The fourth-order valence-electron chi connectivity index (χ4n) is 3.43. The number of carboxylic acids is 1. The van der Waals surface area contributed by atoms with Gasteiger partial charge in [0.1, 0.15) is 6.26 Å². The summed E-state index contributed by atoms with van der Waals surface area (Å²) in [6.45, 7) is 9.98. The standard InChI is InChI=1S/C24H28N2O5S/c1-6-16-10-13-19(14-20(16)23(27)28)32(29,30)26(7-2)21-15-31-22(25-21)17-8-11-18(12-9-17)24(3,4)5/h8-15H,6-7H2,1-5H3,(H,27,28). The predicted octanol–water partition coefficient (Wildman–Crippen LogP) is 5.11. The van der Waals surface area contributed by atoms with E-state index in [2.05, 4.69) is 25.8 Å². The molecule has 0 aliphatic heterocycles. The summed E-state index contributed by atoms with van der Waals surface area (Å²) >= 11 is 0. The van der Waals surface area contributed by atoms with Crippen LogP contribution in [0, 0.1) is 0 Å². The van der Waals surface area contributed by atoms with Crippen LogP contribution in [0.5, 0.6) is 0 Å². The van der Waals surface area contributed by atoms with Crippen LogP contribution in [-0.4, -0.2) is 31.0 Å². The van der Waals surface area contributed by atoms with Crippen molar-refractivity contribution in [1.82, 2.24) is 4.98 Å². The first-order chi connectivity index (χ1) is 15.0. The Morgan fingerprint density at radius 2 is 1.75 bits per heavy atom. The Morgan fingerprint density at radius 3 is 2.28 bits per heavy atom. The highest BCUT2D eigenvalue weighted by Crippen LogP contribution is 2.30. The highest BCUT2D eigenvalue weighted by atomic mass is 32.2. The van der Waals surface area contributed by atoms with Gasteiger partial charge in [-0.15, -0.1) is 0 Å². The number of carbonyl (C=O) groups is 1. The van der Waals surface area contributed by atoms with Crippen LogP contribution in [0.3, 0.4) is 0 Å². The van der Waals surface area contributed by atoms with Crippen LogP contribution in [-0.2, 0) is 21.9 Å². The van der Waals surface area contributed by atoms with Crippen molar-refractivity contribution in [2.24, 2.45) is 0 Å². The third-order valence-corrected chi connectivity index (χ3v) is 7.19. The van der Waals surface area contributed by atoms with Crippen LogP contribution < -0.4 is 4.31 Å². The normalized spacial score (nSPS) is 12.0. The molecule has 3 aromatic rings. The summed E-state index contributed by atoms with van der Waals surface area (Å²) in [4.78, 5) is 15.9. The molecule has 8 heteroatoms. The van der Waals surface area contributed by atoms with E-state index in [0.717, 1.165) is 15.4 Å². The molecule has 0 saturated heterocycles. The fraction of sp³-hybridized carbons (Fsp3) is 0.333. The predicted molar refractivity (Wildman–Crippen MR) is 124 cm³/mol. The van der Waals surface area contributed by atoms with Gasteiger partial charge in [0.05, 0.1) is 10.5 Å². The molecule has 1 heterocycles. The molecule has 0 atom stereocenters. The maximum absolute atomic E-state index is 13.3. The number of hydrogen-bond donors (Lipinski definition) is 1. The second-order valence-corrected chi connectivity index (χ2v) is 10.3. The molecule has 3 rings (SSSR count). The van der Waals surface area contributed by atoms with Crippen molar-refractivity contribution >= 4 is 21.8 Å². The largest absolute Gasteiger partial charge is 0.478 e. The molecule has 0 aliphatic rings. The van der Waals surface area contributed by atoms with Crippen LogP contribution in [0.2, 0.25) is 0 Å². The van der Waals surface area contributed by atoms with Gasteiger partial charge in [-0.3, -0.25) is 0 Å². The van der Waals surface area contributed by atoms with E-state index in [9.17, 15) is 18.3 Å². The summed E-state index contributed by atoms with van der Waals surface area (Å²) in [5.74, 6) is -0.718. The van der Waals surface area contributed by atoms with Gasteiger partial charge in [0.25, 0.3) is 10.0 Å². The molecule has 0 radical (unpaired) electrons. The zero-order chi connectivity index (χ0) is 23.7. The minimum atomic E-state index is -4.03. The number of hydrogen-bond acceptors (Lipinski definition) is 5. The first-order valence-corrected chi connectivity index (χ1v) is 11.9. The summed E-state index contributed by atoms with van der Waals surface area (Å²) in [7, 11) is -4.03. The monoisotopic (exact) mass is 456 g/mol. The summed E-state index contributed by atoms with van der Waals surface area (Å²) < 4.78 is 33.3. The Bertz CT molecular complexity index is 1220. The van der Waals surface area contributed by atoms with Gasteiger partial charge < -0.3 is 9.52 Å². The van der Waals surface area contributed by atoms with Gasteiger partial charge in [0.15, 0.2) is 5.82 Å². The van der Waals surface area contributed by atoms with E-state index >= 15 is 0 Å². The highest BCUT2D eigenvalue weighted by molar-refractivity contribution is 7.92. The quantitative estimate of drug-likeness (QED) is 0.530. The molecular weight excluding hydrogens is 428 g/mol. The number of aryl methyl sites for hydroxylation is 1. The molecule has 0 saturated carbocycles. The van der Waals surface area contributed by atoms with E-state index < -0.39 is 16.0 Å². The van der Waals surface area contributed by atoms with Gasteiger partial charge in [-0.05, 0) is 54.2 Å². The number of aromatic nitrogens is 1. The lowest BCUT2D eigenvalue weighted by atomic mass is 9.87. The molecule has 7 nitrogen and oxygen atoms in total. The lowest BCUT2D eigenvalue weighted by Crippen LogP contribution is -2.31. The Balaban J connectivity index is 1.96. The fourth-order valence-corrected chi connectivity index (χ4v) is 4.86. The molecule has 0 bridgehead atoms. The van der Waals surface area contributed by atoms with Crippen molar-refractivity contribution in [3.63, 3.8) is 0 Å². The molecule has 0 fully saturated rings. The molecule has 0 spiro atoms. The van der Waals surface area contributed by atoms with E-state index in [4.69, 9.17) is 4.42 Å². The first kappa shape index (κ1) is 23.5. The van der Waals surface area contributed by atoms with Gasteiger partial charge in [0.2, 0.25) is 5.89 Å². The van der Waals surface area contributed by atoms with E-state index in [1.165, 1.54) is 24.5 Å². The first-order valence-electron chi connectivity index (χ1n) is 10.4. The summed E-state index contributed by atoms with van der Waals surface area (Å²) in [5.41, 5.74) is 2.45. The van der Waals surface area contributed by atoms with Crippen LogP contribution in [0.15, 0.2) is 58.0 Å². The van der Waals surface area contributed by atoms with Crippen molar-refractivity contribution in [2.75, 3.05) is 10.8 Å². The minimum Gasteiger partial charge on any atom is -0.478 e. The third-order valence-electron chi connectivity index (χ3n) is 5.31. The average Bonchev–Trinajstić information content (AvgIpc) is 3.22. The van der Waals surface area contributed by atoms with Crippen molar-refractivity contribution in [3.8, 4) is 11.5 Å². The number of rotatable bonds is 7. The third kappa shape index (κ3) is 4.55. The molecule has 2 aromatic carbocycles. The number of oxazole rings is 1. The maximum atomic E-state index is 13.3. The lowest BCUT2D eigenvalue weighted by molar-refractivity contribution is 0.0695. The van der Waals surface area contributed by atoms with E-state index in [1.807, 2.05) is 31.2 Å². The van der Waals surface area contributed by atoms with Gasteiger partial charge in [-0.25, -0.2) is 17.5 Å². The second kappa shape index (κ2) is 8.78. The van der Waals surface area contributed by atoms with Crippen LogP contribution in [0.4, 0.5) is 5.82 Å². The summed E-state index contributed by atoms with van der Waals surface area (Å²) in [6.07, 6.45) is 1.78. The summed E-state index contributed by atoms with van der Waals surface area (Å²) in [5, 5.41) is 9.46. The zero-order valence-electron chi connectivity index (χ0n) is 18.9. The molecule has 1 aromatic heterocycles. The van der Waals surface area contributed by atoms with Crippen LogP contribution >= 0.6 is 0 Å². The van der Waals surface area contributed by atoms with Crippen molar-refractivity contribution in [3.05, 3.63) is 65.4 Å². The maximum Gasteiger partial charge on any atom is 0.336 e. The minimum absolute atomic E-state index is 0.00943. The number of nitrogens with zero attached hydrogens (tertiary/aromatic N) is 2. The molecule has 0 aliphatic carbocycles. The highest BCUT2D eigenvalue weighted by Gasteiger charge is 2.28. The summed E-state index contributed by atoms with van der Waals surface area (Å²) in [6, 6.07) is 11.9.